The first-order valence-corrected chi connectivity index (χ1v) is 18.6. The number of H-pyrrole nitrogens is 1. The fraction of sp³-hybridized carbons (Fsp3) is 0.483. The van der Waals surface area contributed by atoms with Gasteiger partial charge in [0.05, 0.1) is 18.1 Å². The average Bonchev–Trinajstić information content (AvgIpc) is 3.63. The molecule has 2 aliphatic heterocycles. The first-order chi connectivity index (χ1) is 21.4. The van der Waals surface area contributed by atoms with Crippen LogP contribution in [-0.2, 0) is 37.7 Å². The quantitative estimate of drug-likeness (QED) is 0.243. The van der Waals surface area contributed by atoms with Crippen molar-refractivity contribution in [1.82, 2.24) is 28.8 Å². The number of carbonyl (C=O) groups is 2. The third-order valence-corrected chi connectivity index (χ3v) is 12.0. The number of aromatic amines is 1. The number of benzene rings is 1. The van der Waals surface area contributed by atoms with E-state index in [1.165, 1.54) is 26.6 Å². The van der Waals surface area contributed by atoms with Crippen molar-refractivity contribution in [3.63, 3.8) is 0 Å². The summed E-state index contributed by atoms with van der Waals surface area (Å²) < 4.78 is 61.2. The average molecular weight is 677 g/mol. The number of unbranched alkanes of at least 4 members (excludes halogenated alkanes) is 1. The summed E-state index contributed by atoms with van der Waals surface area (Å²) in [6, 6.07) is 5.82. The van der Waals surface area contributed by atoms with E-state index in [0.717, 1.165) is 30.0 Å². The van der Waals surface area contributed by atoms with E-state index in [0.29, 0.717) is 29.4 Å². The molecule has 4 heterocycles. The number of carbonyl (C=O) groups excluding carboxylic acids is 2. The lowest BCUT2D eigenvalue weighted by Crippen LogP contribution is -2.57. The number of terminal acetylenes is 1. The molecule has 1 unspecified atom stereocenters. The monoisotopic (exact) mass is 676 g/mol. The number of amides is 2. The van der Waals surface area contributed by atoms with E-state index in [1.807, 2.05) is 18.7 Å². The van der Waals surface area contributed by atoms with Crippen molar-refractivity contribution >= 4 is 54.3 Å². The van der Waals surface area contributed by atoms with Gasteiger partial charge in [0, 0.05) is 66.5 Å². The zero-order valence-electron chi connectivity index (χ0n) is 25.1. The van der Waals surface area contributed by atoms with E-state index in [9.17, 15) is 26.4 Å². The number of nitrogens with zero attached hydrogens (tertiary/aromatic N) is 4. The highest BCUT2D eigenvalue weighted by atomic mass is 32.2. The van der Waals surface area contributed by atoms with Gasteiger partial charge in [0.25, 0.3) is 15.9 Å². The second kappa shape index (κ2) is 13.5. The molecule has 45 heavy (non-hydrogen) atoms. The van der Waals surface area contributed by atoms with Crippen molar-refractivity contribution in [2.75, 3.05) is 45.6 Å². The van der Waals surface area contributed by atoms with Crippen molar-refractivity contribution in [2.24, 2.45) is 0 Å². The molecule has 16 heteroatoms. The van der Waals surface area contributed by atoms with Gasteiger partial charge in [-0.05, 0) is 44.2 Å². The summed E-state index contributed by atoms with van der Waals surface area (Å²) in [5.74, 6) is 1.62. The topological polar surface area (TPSA) is 162 Å². The number of piperazine rings is 1. The zero-order chi connectivity index (χ0) is 32.4. The normalized spacial score (nSPS) is 18.0. The smallest absolute Gasteiger partial charge is 0.420 e. The molecule has 13 nitrogen and oxygen atoms in total. The van der Waals surface area contributed by atoms with E-state index in [-0.39, 0.29) is 48.6 Å². The molecule has 0 bridgehead atoms. The molecule has 0 aliphatic carbocycles. The van der Waals surface area contributed by atoms with Crippen LogP contribution in [0.1, 0.15) is 52.1 Å². The lowest BCUT2D eigenvalue weighted by atomic mass is 10.1. The van der Waals surface area contributed by atoms with E-state index in [4.69, 9.17) is 11.2 Å². The molecular weight excluding hydrogens is 641 g/mol. The highest BCUT2D eigenvalue weighted by Crippen LogP contribution is 2.29. The lowest BCUT2D eigenvalue weighted by Gasteiger charge is -2.40. The Hall–Kier alpha value is -3.49. The summed E-state index contributed by atoms with van der Waals surface area (Å²) in [5.41, 5.74) is 2.08. The summed E-state index contributed by atoms with van der Waals surface area (Å²) in [6.45, 7) is 3.38. The number of aromatic nitrogens is 2. The van der Waals surface area contributed by atoms with Crippen LogP contribution in [0.3, 0.4) is 0 Å². The highest BCUT2D eigenvalue weighted by molar-refractivity contribution is 7.90. The molecule has 0 radical (unpaired) electrons. The van der Waals surface area contributed by atoms with E-state index < -0.39 is 37.9 Å². The minimum absolute atomic E-state index is 0.00186. The number of thiazole rings is 1. The van der Waals surface area contributed by atoms with Crippen LogP contribution in [0.2, 0.25) is 0 Å². The standard InChI is InChI=1S/C29H36N6O7S3/c1-4-6-14-42-29(37)32-44(38,39)15-10-22-18-34(45(40,41)26-17-21-16-20(5-2)7-8-23(21)30-26)12-13-35(22)28(36)27-31-24-9-11-33(3)19-25(24)43-27/h2,7-8,16-17,22,30H,4,6,9-15,18-19H2,1,3H3,(H,32,37). The number of fused-ring (bicyclic) bond motifs is 2. The molecule has 0 spiro atoms. The minimum atomic E-state index is -4.14. The maximum absolute atomic E-state index is 13.8. The summed E-state index contributed by atoms with van der Waals surface area (Å²) in [7, 11) is -6.20. The first kappa shape index (κ1) is 32.9. The van der Waals surface area contributed by atoms with Gasteiger partial charge in [-0.25, -0.2) is 31.3 Å². The van der Waals surface area contributed by atoms with Crippen LogP contribution in [0.25, 0.3) is 10.9 Å². The van der Waals surface area contributed by atoms with Crippen LogP contribution in [0.15, 0.2) is 29.3 Å². The molecule has 3 aromatic rings. The molecule has 5 rings (SSSR count). The number of nitrogens with one attached hydrogen (secondary N) is 2. The van der Waals surface area contributed by atoms with Crippen LogP contribution in [0, 0.1) is 12.3 Å². The second-order valence-electron chi connectivity index (χ2n) is 11.2. The Bertz CT molecular complexity index is 1840. The fourth-order valence-electron chi connectivity index (χ4n) is 5.38. The van der Waals surface area contributed by atoms with Crippen LogP contribution in [0.4, 0.5) is 4.79 Å². The first-order valence-electron chi connectivity index (χ1n) is 14.6. The Morgan fingerprint density at radius 3 is 2.76 bits per heavy atom. The molecule has 2 aliphatic rings. The predicted octanol–water partition coefficient (Wildman–Crippen LogP) is 2.36. The van der Waals surface area contributed by atoms with Crippen molar-refractivity contribution in [2.45, 2.75) is 50.2 Å². The van der Waals surface area contributed by atoms with E-state index in [2.05, 4.69) is 20.8 Å². The van der Waals surface area contributed by atoms with Crippen molar-refractivity contribution in [3.05, 3.63) is 45.4 Å². The fourth-order valence-corrected chi connectivity index (χ4v) is 9.00. The maximum atomic E-state index is 13.8. The molecule has 2 N–H and O–H groups in total. The Balaban J connectivity index is 1.37. The van der Waals surface area contributed by atoms with Gasteiger partial charge < -0.3 is 19.5 Å². The van der Waals surface area contributed by atoms with Gasteiger partial charge in [-0.2, -0.15) is 4.31 Å². The molecular formula is C29H36N6O7S3. The summed E-state index contributed by atoms with van der Waals surface area (Å²) >= 11 is 1.31. The third-order valence-electron chi connectivity index (χ3n) is 7.88. The van der Waals surface area contributed by atoms with Gasteiger partial charge in [-0.1, -0.05) is 19.3 Å². The number of sulfonamides is 2. The van der Waals surface area contributed by atoms with Gasteiger partial charge in [0.1, 0.15) is 5.03 Å². The largest absolute Gasteiger partial charge is 0.449 e. The molecule has 2 aromatic heterocycles. The van der Waals surface area contributed by atoms with Crippen molar-refractivity contribution in [1.29, 1.82) is 0 Å². The van der Waals surface area contributed by atoms with Crippen molar-refractivity contribution < 1.29 is 31.2 Å². The molecule has 1 aromatic carbocycles. The van der Waals surface area contributed by atoms with Crippen LogP contribution >= 0.6 is 11.3 Å². The van der Waals surface area contributed by atoms with Gasteiger partial charge >= 0.3 is 6.09 Å². The zero-order valence-corrected chi connectivity index (χ0v) is 27.6. The third kappa shape index (κ3) is 7.50. The Morgan fingerprint density at radius 1 is 1.20 bits per heavy atom. The van der Waals surface area contributed by atoms with Crippen LogP contribution < -0.4 is 4.72 Å². The van der Waals surface area contributed by atoms with Gasteiger partial charge in [-0.15, -0.1) is 17.8 Å². The number of hydrogen-bond donors (Lipinski definition) is 2. The molecule has 1 atom stereocenters. The summed E-state index contributed by atoms with van der Waals surface area (Å²) in [5, 5.41) is 0.888. The number of likely N-dealkylation sites (N-methyl/N-ethyl adjacent to an activating group) is 1. The highest BCUT2D eigenvalue weighted by Gasteiger charge is 2.39. The van der Waals surface area contributed by atoms with Gasteiger partial charge in [0.2, 0.25) is 10.0 Å². The lowest BCUT2D eigenvalue weighted by molar-refractivity contribution is 0.0558. The second-order valence-corrected chi connectivity index (χ2v) is 16.0. The van der Waals surface area contributed by atoms with Gasteiger partial charge in [0.15, 0.2) is 5.01 Å². The minimum Gasteiger partial charge on any atom is -0.449 e. The molecule has 1 saturated heterocycles. The predicted molar refractivity (Wildman–Crippen MR) is 170 cm³/mol. The molecule has 242 valence electrons. The number of hydrogen-bond acceptors (Lipinski definition) is 10. The van der Waals surface area contributed by atoms with E-state index >= 15 is 0 Å². The molecule has 2 amide bonds. The van der Waals surface area contributed by atoms with Gasteiger partial charge in [-0.3, -0.25) is 4.79 Å². The van der Waals surface area contributed by atoms with Crippen molar-refractivity contribution in [3.8, 4) is 12.3 Å². The maximum Gasteiger partial charge on any atom is 0.420 e. The van der Waals surface area contributed by atoms with Crippen LogP contribution in [-0.4, -0.2) is 105 Å². The SMILES string of the molecule is C#Cc1ccc2[nH]c(S(=O)(=O)N3CCN(C(=O)c4nc5c(s4)CN(C)CC5)C(CCS(=O)(=O)NC(=O)OCCCC)C3)cc2c1. The Labute approximate surface area is 267 Å². The van der Waals surface area contributed by atoms with Crippen LogP contribution in [0.5, 0.6) is 0 Å². The Kier molecular flexibility index (Phi) is 9.85. The summed E-state index contributed by atoms with van der Waals surface area (Å²) in [4.78, 5) is 38.0. The number of ether oxygens (including phenoxy) is 1. The molecule has 1 fully saturated rings. The summed E-state index contributed by atoms with van der Waals surface area (Å²) in [6.07, 6.45) is 6.38. The van der Waals surface area contributed by atoms with E-state index in [1.54, 1.807) is 18.2 Å². The molecule has 0 saturated carbocycles. The number of rotatable bonds is 10. The Morgan fingerprint density at radius 2 is 2.00 bits per heavy atom.